The van der Waals surface area contributed by atoms with Crippen molar-refractivity contribution in [1.29, 1.82) is 0 Å². The lowest BCUT2D eigenvalue weighted by molar-refractivity contribution is -0.458. The van der Waals surface area contributed by atoms with Crippen LogP contribution in [0.25, 0.3) is 0 Å². The summed E-state index contributed by atoms with van der Waals surface area (Å²) >= 11 is 0. The van der Waals surface area contributed by atoms with Crippen molar-refractivity contribution in [2.45, 2.75) is 105 Å². The van der Waals surface area contributed by atoms with Gasteiger partial charge >= 0.3 is 69.0 Å². The Hall–Kier alpha value is -2.43. The molecule has 10 nitrogen and oxygen atoms in total. The van der Waals surface area contributed by atoms with Gasteiger partial charge in [-0.1, -0.05) is 39.0 Å². The minimum Gasteiger partial charge on any atom is -0.481 e. The van der Waals surface area contributed by atoms with Gasteiger partial charge in [0.05, 0.1) is 18.6 Å². The Labute approximate surface area is 264 Å². The molecule has 0 aromatic rings. The molecule has 296 valence electrons. The SMILES string of the molecule is CCCCCCCCS(=O)(=O)O.O=C(O)CCC(=O)O.O=S(=O)(O)C(F)(F)C(F)(F)C(F)(F)C(F)(F)C(F)(F)C(F)(F)C(F)(F)C(F)(F)F. The summed E-state index contributed by atoms with van der Waals surface area (Å²) in [6.45, 7) is 2.14. The van der Waals surface area contributed by atoms with Crippen molar-refractivity contribution >= 4 is 32.2 Å². The van der Waals surface area contributed by atoms with Gasteiger partial charge in [-0.15, -0.1) is 0 Å². The lowest BCUT2D eigenvalue weighted by Crippen LogP contribution is -2.74. The Morgan fingerprint density at radius 2 is 0.776 bits per heavy atom. The smallest absolute Gasteiger partial charge is 0.460 e. The van der Waals surface area contributed by atoms with Gasteiger partial charge in [-0.05, 0) is 6.42 Å². The second-order valence-electron chi connectivity index (χ2n) is 9.28. The first-order valence-electron chi connectivity index (χ1n) is 12.3. The Balaban J connectivity index is -0.000000859. The highest BCUT2D eigenvalue weighted by Crippen LogP contribution is 2.64. The monoisotopic (exact) mass is 812 g/mol. The minimum atomic E-state index is -8.89. The molecule has 0 bridgehead atoms. The van der Waals surface area contributed by atoms with Crippen LogP contribution in [0.1, 0.15) is 58.3 Å². The van der Waals surface area contributed by atoms with E-state index in [2.05, 4.69) is 6.92 Å². The normalized spacial score (nSPS) is 14.3. The molecule has 0 heterocycles. The van der Waals surface area contributed by atoms with Crippen LogP contribution in [0.4, 0.5) is 74.6 Å². The maximum atomic E-state index is 13.0. The highest BCUT2D eigenvalue weighted by molar-refractivity contribution is 7.87. The predicted molar refractivity (Wildman–Crippen MR) is 127 cm³/mol. The van der Waals surface area contributed by atoms with Gasteiger partial charge in [-0.3, -0.25) is 18.7 Å². The third-order valence-corrected chi connectivity index (χ3v) is 7.03. The third kappa shape index (κ3) is 12.4. The van der Waals surface area contributed by atoms with Crippen LogP contribution in [-0.2, 0) is 29.8 Å². The maximum absolute atomic E-state index is 13.0. The molecule has 0 saturated heterocycles. The number of hydrogen-bond acceptors (Lipinski definition) is 6. The van der Waals surface area contributed by atoms with Gasteiger partial charge in [0, 0.05) is 0 Å². The van der Waals surface area contributed by atoms with Gasteiger partial charge in [0.15, 0.2) is 0 Å². The Bertz CT molecular complexity index is 1290. The van der Waals surface area contributed by atoms with Crippen LogP contribution in [0.3, 0.4) is 0 Å². The number of carboxylic acid groups (broad SMARTS) is 2. The third-order valence-electron chi connectivity index (χ3n) is 5.33. The fourth-order valence-electron chi connectivity index (χ4n) is 2.59. The Morgan fingerprint density at radius 3 is 1.04 bits per heavy atom. The van der Waals surface area contributed by atoms with Crippen LogP contribution in [0.5, 0.6) is 0 Å². The summed E-state index contributed by atoms with van der Waals surface area (Å²) in [5.74, 6) is -54.2. The van der Waals surface area contributed by atoms with Crippen LogP contribution in [0.15, 0.2) is 0 Å². The number of carbonyl (C=O) groups is 2. The van der Waals surface area contributed by atoms with E-state index in [1.54, 1.807) is 0 Å². The average molecular weight is 813 g/mol. The molecule has 0 radical (unpaired) electrons. The maximum Gasteiger partial charge on any atom is 0.460 e. The zero-order valence-corrected chi connectivity index (χ0v) is 25.5. The van der Waals surface area contributed by atoms with E-state index >= 15 is 0 Å². The van der Waals surface area contributed by atoms with Crippen molar-refractivity contribution < 1.29 is 120 Å². The molecule has 0 atom stereocenters. The van der Waals surface area contributed by atoms with Gasteiger partial charge in [0.25, 0.3) is 10.1 Å². The van der Waals surface area contributed by atoms with Gasteiger partial charge in [-0.2, -0.15) is 91.5 Å². The average Bonchev–Trinajstić information content (AvgIpc) is 2.87. The number of carboxylic acids is 2. The molecular weight excluding hydrogens is 787 g/mol. The molecule has 0 spiro atoms. The summed E-state index contributed by atoms with van der Waals surface area (Å²) in [7, 11) is -11.6. The summed E-state index contributed by atoms with van der Waals surface area (Å²) in [6.07, 6.45) is -2.34. The van der Waals surface area contributed by atoms with E-state index in [-0.39, 0.29) is 18.6 Å². The molecule has 0 rings (SSSR count). The van der Waals surface area contributed by atoms with Crippen molar-refractivity contribution in [2.24, 2.45) is 0 Å². The summed E-state index contributed by atoms with van der Waals surface area (Å²) in [6, 6.07) is 0. The number of rotatable bonds is 17. The molecule has 29 heteroatoms. The van der Waals surface area contributed by atoms with Gasteiger partial charge < -0.3 is 10.2 Å². The summed E-state index contributed by atoms with van der Waals surface area (Å²) < 4.78 is 271. The minimum absolute atomic E-state index is 0.0842. The van der Waals surface area contributed by atoms with Crippen molar-refractivity contribution in [2.75, 3.05) is 5.75 Å². The fourth-order valence-corrected chi connectivity index (χ4v) is 3.61. The topological polar surface area (TPSA) is 183 Å². The van der Waals surface area contributed by atoms with E-state index in [1.165, 1.54) is 19.3 Å². The number of halogens is 17. The van der Waals surface area contributed by atoms with E-state index in [4.69, 9.17) is 19.3 Å². The quantitative estimate of drug-likeness (QED) is 0.0677. The van der Waals surface area contributed by atoms with Crippen LogP contribution >= 0.6 is 0 Å². The second kappa shape index (κ2) is 17.2. The molecule has 0 aromatic heterocycles. The lowest BCUT2D eigenvalue weighted by atomic mass is 9.91. The molecule has 0 fully saturated rings. The van der Waals surface area contributed by atoms with E-state index in [0.717, 1.165) is 12.8 Å². The number of aliphatic carboxylic acids is 2. The largest absolute Gasteiger partial charge is 0.481 e. The second-order valence-corrected chi connectivity index (χ2v) is 12.3. The predicted octanol–water partition coefficient (Wildman–Crippen LogP) is 7.01. The zero-order valence-electron chi connectivity index (χ0n) is 23.8. The van der Waals surface area contributed by atoms with Gasteiger partial charge in [-0.25, -0.2) is 0 Å². The number of alkyl halides is 17. The Morgan fingerprint density at radius 1 is 0.490 bits per heavy atom. The van der Waals surface area contributed by atoms with Crippen molar-refractivity contribution in [3.05, 3.63) is 0 Å². The summed E-state index contributed by atoms with van der Waals surface area (Å²) in [5, 5.41) is 7.96. The molecular formula is C20H25F17O10S2. The first-order chi connectivity index (χ1) is 21.2. The van der Waals surface area contributed by atoms with E-state index in [0.29, 0.717) is 6.42 Å². The lowest BCUT2D eigenvalue weighted by Gasteiger charge is -2.42. The first-order valence-corrected chi connectivity index (χ1v) is 15.3. The number of unbranched alkanes of at least 4 members (excludes halogenated alkanes) is 5. The molecule has 0 amide bonds. The highest BCUT2D eigenvalue weighted by atomic mass is 32.2. The van der Waals surface area contributed by atoms with E-state index < -0.39 is 79.1 Å². The standard InChI is InChI=1S/C8HF17O3S.C8H18O3S.C4H6O4/c9-1(10,3(13,14)5(17,18)7(21,22)23)2(11,12)4(15,16)6(19,20)8(24,25)29(26,27)28;1-2-3-4-5-6-7-8-12(9,10)11;5-3(6)1-2-4(7)8/h(H,26,27,28);2-8H2,1H3,(H,9,10,11);1-2H2,(H,5,6)(H,7,8). The zero-order chi connectivity index (χ0) is 40.5. The van der Waals surface area contributed by atoms with Crippen LogP contribution in [-0.4, -0.2) is 101 Å². The van der Waals surface area contributed by atoms with Crippen LogP contribution in [0, 0.1) is 0 Å². The van der Waals surface area contributed by atoms with Crippen molar-refractivity contribution in [3.8, 4) is 0 Å². The van der Waals surface area contributed by atoms with Crippen LogP contribution in [0.2, 0.25) is 0 Å². The molecule has 0 aromatic carbocycles. The van der Waals surface area contributed by atoms with E-state index in [9.17, 15) is 101 Å². The molecule has 0 aliphatic heterocycles. The van der Waals surface area contributed by atoms with Crippen molar-refractivity contribution in [1.82, 2.24) is 0 Å². The summed E-state index contributed by atoms with van der Waals surface area (Å²) in [4.78, 5) is 19.3. The van der Waals surface area contributed by atoms with Crippen LogP contribution < -0.4 is 0 Å². The first kappa shape index (κ1) is 50.9. The van der Waals surface area contributed by atoms with Gasteiger partial charge in [0.1, 0.15) is 0 Å². The molecule has 4 N–H and O–H groups in total. The van der Waals surface area contributed by atoms with Crippen molar-refractivity contribution in [3.63, 3.8) is 0 Å². The molecule has 0 saturated carbocycles. The fraction of sp³-hybridized carbons (Fsp3) is 0.900. The molecule has 0 aliphatic rings. The highest BCUT2D eigenvalue weighted by Gasteiger charge is 2.96. The molecule has 0 unspecified atom stereocenters. The number of hydrogen-bond donors (Lipinski definition) is 4. The summed E-state index contributed by atoms with van der Waals surface area (Å²) in [5.41, 5.74) is 0. The Kier molecular flexibility index (Phi) is 17.9. The molecule has 49 heavy (non-hydrogen) atoms. The molecule has 0 aliphatic carbocycles. The van der Waals surface area contributed by atoms with Gasteiger partial charge in [0.2, 0.25) is 0 Å². The van der Waals surface area contributed by atoms with E-state index in [1.807, 2.05) is 0 Å².